The first kappa shape index (κ1) is 12.0. The Labute approximate surface area is 112 Å². The van der Waals surface area contributed by atoms with Crippen LogP contribution in [0.3, 0.4) is 0 Å². The number of para-hydroxylation sites is 1. The number of aryl methyl sites for hydroxylation is 1. The van der Waals surface area contributed by atoms with E-state index in [4.69, 9.17) is 10.5 Å². The number of ether oxygens (including phenoxy) is 1. The van der Waals surface area contributed by atoms with Crippen molar-refractivity contribution in [2.75, 3.05) is 12.3 Å². The molecule has 1 aromatic carbocycles. The van der Waals surface area contributed by atoms with Crippen LogP contribution in [0.15, 0.2) is 30.3 Å². The van der Waals surface area contributed by atoms with Crippen LogP contribution in [-0.2, 0) is 6.42 Å². The smallest absolute Gasteiger partial charge is 0.138 e. The molecule has 4 nitrogen and oxygen atoms in total. The highest BCUT2D eigenvalue weighted by Gasteiger charge is 2.25. The molecule has 2 heterocycles. The number of benzene rings is 1. The lowest BCUT2D eigenvalue weighted by atomic mass is 9.92. The lowest BCUT2D eigenvalue weighted by molar-refractivity contribution is 0.274. The number of hydrogen-bond donors (Lipinski definition) is 1. The van der Waals surface area contributed by atoms with Gasteiger partial charge in [-0.2, -0.15) is 0 Å². The molecule has 1 unspecified atom stereocenters. The average molecular weight is 255 g/mol. The normalized spacial score (nSPS) is 17.6. The van der Waals surface area contributed by atoms with E-state index in [1.165, 1.54) is 0 Å². The van der Waals surface area contributed by atoms with Gasteiger partial charge in [-0.3, -0.25) is 0 Å². The summed E-state index contributed by atoms with van der Waals surface area (Å²) >= 11 is 0. The molecule has 0 amide bonds. The van der Waals surface area contributed by atoms with Gasteiger partial charge in [-0.05, 0) is 18.9 Å². The van der Waals surface area contributed by atoms with Crippen LogP contribution < -0.4 is 10.5 Å². The number of nitrogens with zero attached hydrogens (tertiary/aromatic N) is 2. The van der Waals surface area contributed by atoms with Crippen molar-refractivity contribution in [2.45, 2.75) is 25.7 Å². The number of anilines is 1. The Balaban J connectivity index is 2.06. The van der Waals surface area contributed by atoms with Crippen molar-refractivity contribution in [1.29, 1.82) is 0 Å². The van der Waals surface area contributed by atoms with E-state index >= 15 is 0 Å². The van der Waals surface area contributed by atoms with Gasteiger partial charge in [0.05, 0.1) is 12.5 Å². The molecule has 0 radical (unpaired) electrons. The van der Waals surface area contributed by atoms with Crippen LogP contribution in [0.4, 0.5) is 5.82 Å². The average Bonchev–Trinajstić information content (AvgIpc) is 2.46. The standard InChI is InChI=1S/C15H17N3O/c1-2-10-9-14(16)18-15(17-10)12-7-8-19-13-6-4-3-5-11(12)13/h3-6,9,12H,2,7-8H2,1H3,(H2,16,17,18). The fourth-order valence-electron chi connectivity index (χ4n) is 2.49. The van der Waals surface area contributed by atoms with Gasteiger partial charge >= 0.3 is 0 Å². The lowest BCUT2D eigenvalue weighted by Gasteiger charge is -2.25. The Kier molecular flexibility index (Phi) is 3.07. The third-order valence-electron chi connectivity index (χ3n) is 3.45. The highest BCUT2D eigenvalue weighted by Crippen LogP contribution is 2.36. The maximum Gasteiger partial charge on any atom is 0.138 e. The van der Waals surface area contributed by atoms with Crippen LogP contribution in [0.2, 0.25) is 0 Å². The van der Waals surface area contributed by atoms with Gasteiger partial charge < -0.3 is 10.5 Å². The Morgan fingerprint density at radius 1 is 1.32 bits per heavy atom. The van der Waals surface area contributed by atoms with Gasteiger partial charge in [0.25, 0.3) is 0 Å². The van der Waals surface area contributed by atoms with E-state index in [1.807, 2.05) is 24.3 Å². The predicted octanol–water partition coefficient (Wildman–Crippen LogP) is 2.54. The number of nitrogen functional groups attached to an aromatic ring is 1. The molecule has 1 atom stereocenters. The maximum atomic E-state index is 5.88. The largest absolute Gasteiger partial charge is 0.493 e. The van der Waals surface area contributed by atoms with Gasteiger partial charge in [0.2, 0.25) is 0 Å². The van der Waals surface area contributed by atoms with E-state index in [1.54, 1.807) is 0 Å². The quantitative estimate of drug-likeness (QED) is 0.895. The molecule has 19 heavy (non-hydrogen) atoms. The van der Waals surface area contributed by atoms with Crippen molar-refractivity contribution in [3.05, 3.63) is 47.4 Å². The minimum atomic E-state index is 0.179. The van der Waals surface area contributed by atoms with Crippen molar-refractivity contribution in [2.24, 2.45) is 0 Å². The fourth-order valence-corrected chi connectivity index (χ4v) is 2.49. The SMILES string of the molecule is CCc1cc(N)nc(C2CCOc3ccccc32)n1. The molecule has 0 saturated heterocycles. The van der Waals surface area contributed by atoms with Crippen LogP contribution >= 0.6 is 0 Å². The summed E-state index contributed by atoms with van der Waals surface area (Å²) in [7, 11) is 0. The molecule has 1 aliphatic rings. The van der Waals surface area contributed by atoms with E-state index in [2.05, 4.69) is 23.0 Å². The number of rotatable bonds is 2. The van der Waals surface area contributed by atoms with Gasteiger partial charge in [-0.15, -0.1) is 0 Å². The second-order valence-corrected chi connectivity index (χ2v) is 4.72. The molecule has 98 valence electrons. The zero-order valence-corrected chi connectivity index (χ0v) is 11.0. The second kappa shape index (κ2) is 4.88. The number of nitrogens with two attached hydrogens (primary N) is 1. The highest BCUT2D eigenvalue weighted by molar-refractivity contribution is 5.42. The first-order valence-electron chi connectivity index (χ1n) is 6.63. The summed E-state index contributed by atoms with van der Waals surface area (Å²) in [4.78, 5) is 9.04. The minimum absolute atomic E-state index is 0.179. The van der Waals surface area contributed by atoms with E-state index in [-0.39, 0.29) is 5.92 Å². The van der Waals surface area contributed by atoms with Crippen molar-refractivity contribution < 1.29 is 4.74 Å². The number of fused-ring (bicyclic) bond motifs is 1. The summed E-state index contributed by atoms with van der Waals surface area (Å²) in [5, 5.41) is 0. The molecular formula is C15H17N3O. The Hall–Kier alpha value is -2.10. The van der Waals surface area contributed by atoms with Crippen LogP contribution in [0, 0.1) is 0 Å². The van der Waals surface area contributed by atoms with Crippen LogP contribution in [0.5, 0.6) is 5.75 Å². The van der Waals surface area contributed by atoms with Crippen molar-refractivity contribution >= 4 is 5.82 Å². The third kappa shape index (κ3) is 2.26. The molecule has 0 bridgehead atoms. The summed E-state index contributed by atoms with van der Waals surface area (Å²) in [6.45, 7) is 2.77. The van der Waals surface area contributed by atoms with E-state index in [9.17, 15) is 0 Å². The molecule has 1 aliphatic heterocycles. The van der Waals surface area contributed by atoms with Gasteiger partial charge in [-0.1, -0.05) is 25.1 Å². The van der Waals surface area contributed by atoms with Gasteiger partial charge in [-0.25, -0.2) is 9.97 Å². The molecule has 2 N–H and O–H groups in total. The molecule has 0 fully saturated rings. The summed E-state index contributed by atoms with van der Waals surface area (Å²) in [5.41, 5.74) is 8.03. The number of hydrogen-bond acceptors (Lipinski definition) is 4. The second-order valence-electron chi connectivity index (χ2n) is 4.72. The summed E-state index contributed by atoms with van der Waals surface area (Å²) in [6.07, 6.45) is 1.76. The molecule has 3 rings (SSSR count). The lowest BCUT2D eigenvalue weighted by Crippen LogP contribution is -2.18. The zero-order chi connectivity index (χ0) is 13.2. The molecule has 0 spiro atoms. The van der Waals surface area contributed by atoms with E-state index < -0.39 is 0 Å². The highest BCUT2D eigenvalue weighted by atomic mass is 16.5. The molecule has 0 saturated carbocycles. The molecule has 1 aromatic heterocycles. The summed E-state index contributed by atoms with van der Waals surface area (Å²) < 4.78 is 5.68. The Morgan fingerprint density at radius 2 is 2.16 bits per heavy atom. The van der Waals surface area contributed by atoms with Crippen molar-refractivity contribution in [3.63, 3.8) is 0 Å². The molecular weight excluding hydrogens is 238 g/mol. The van der Waals surface area contributed by atoms with Gasteiger partial charge in [0, 0.05) is 17.3 Å². The monoisotopic (exact) mass is 255 g/mol. The molecule has 4 heteroatoms. The van der Waals surface area contributed by atoms with Crippen molar-refractivity contribution in [3.8, 4) is 5.75 Å². The zero-order valence-electron chi connectivity index (χ0n) is 11.0. The van der Waals surface area contributed by atoms with Gasteiger partial charge in [0.1, 0.15) is 17.4 Å². The summed E-state index contributed by atoms with van der Waals surface area (Å²) in [6, 6.07) is 9.92. The Morgan fingerprint density at radius 3 is 3.00 bits per heavy atom. The van der Waals surface area contributed by atoms with Crippen LogP contribution in [0.1, 0.15) is 36.3 Å². The maximum absolute atomic E-state index is 5.88. The fraction of sp³-hybridized carbons (Fsp3) is 0.333. The topological polar surface area (TPSA) is 61.0 Å². The van der Waals surface area contributed by atoms with Crippen LogP contribution in [0.25, 0.3) is 0 Å². The molecule has 2 aromatic rings. The predicted molar refractivity (Wildman–Crippen MR) is 74.2 cm³/mol. The first-order valence-corrected chi connectivity index (χ1v) is 6.63. The first-order chi connectivity index (χ1) is 9.28. The van der Waals surface area contributed by atoms with Gasteiger partial charge in [0.15, 0.2) is 0 Å². The minimum Gasteiger partial charge on any atom is -0.493 e. The Bertz CT molecular complexity index is 598. The summed E-state index contributed by atoms with van der Waals surface area (Å²) in [5.74, 6) is 2.47. The van der Waals surface area contributed by atoms with Crippen molar-refractivity contribution in [1.82, 2.24) is 9.97 Å². The third-order valence-corrected chi connectivity index (χ3v) is 3.45. The van der Waals surface area contributed by atoms with E-state index in [0.717, 1.165) is 35.7 Å². The number of aromatic nitrogens is 2. The van der Waals surface area contributed by atoms with Crippen LogP contribution in [-0.4, -0.2) is 16.6 Å². The van der Waals surface area contributed by atoms with E-state index in [0.29, 0.717) is 12.4 Å². The molecule has 0 aliphatic carbocycles.